The van der Waals surface area contributed by atoms with Crippen molar-refractivity contribution in [1.82, 2.24) is 4.90 Å². The molecule has 1 atom stereocenters. The molecule has 1 aliphatic rings. The molecular formula is C13H27N5. The second-order valence-electron chi connectivity index (χ2n) is 4.79. The van der Waals surface area contributed by atoms with Gasteiger partial charge in [-0.3, -0.25) is 5.73 Å². The normalized spacial score (nSPS) is 19.7. The van der Waals surface area contributed by atoms with E-state index in [-0.39, 0.29) is 6.29 Å². The van der Waals surface area contributed by atoms with Crippen LogP contribution in [0.5, 0.6) is 0 Å². The molecule has 18 heavy (non-hydrogen) atoms. The van der Waals surface area contributed by atoms with Gasteiger partial charge in [-0.1, -0.05) is 39.5 Å². The molecular weight excluding hydrogens is 226 g/mol. The predicted molar refractivity (Wildman–Crippen MR) is 77.4 cm³/mol. The summed E-state index contributed by atoms with van der Waals surface area (Å²) in [7, 11) is 0. The maximum Gasteiger partial charge on any atom is 0.200 e. The number of nitrogens with two attached hydrogens (primary N) is 2. The van der Waals surface area contributed by atoms with Gasteiger partial charge < -0.3 is 10.6 Å². The Hall–Kier alpha value is -1.10. The Balaban J connectivity index is 2.46. The lowest BCUT2D eigenvalue weighted by molar-refractivity contribution is 0.309. The van der Waals surface area contributed by atoms with Gasteiger partial charge in [-0.25, -0.2) is 9.98 Å². The van der Waals surface area contributed by atoms with Crippen LogP contribution < -0.4 is 11.5 Å². The molecule has 104 valence electrons. The number of hydrogen-bond acceptors (Lipinski definition) is 5. The number of hydrogen-bond donors (Lipinski definition) is 2. The molecule has 5 heteroatoms. The predicted octanol–water partition coefficient (Wildman–Crippen LogP) is 2.03. The minimum atomic E-state index is -0.351. The van der Waals surface area contributed by atoms with E-state index in [2.05, 4.69) is 23.8 Å². The number of rotatable bonds is 8. The zero-order valence-corrected chi connectivity index (χ0v) is 11.7. The van der Waals surface area contributed by atoms with Crippen molar-refractivity contribution in [1.29, 1.82) is 0 Å². The standard InChI is InChI=1S/C13H27N5/c1-3-5-7-9-11-16-12(14)18(13(15)17-11)10-8-6-4-2/h12H,3-10,14H2,1-2H3,(H2,15,16,17). The second-order valence-corrected chi connectivity index (χ2v) is 4.79. The van der Waals surface area contributed by atoms with Crippen LogP contribution in [0.4, 0.5) is 0 Å². The number of aliphatic imine (C=N–C) groups is 2. The van der Waals surface area contributed by atoms with Crippen LogP contribution in [0.15, 0.2) is 9.98 Å². The maximum atomic E-state index is 6.02. The highest BCUT2D eigenvalue weighted by Gasteiger charge is 2.20. The summed E-state index contributed by atoms with van der Waals surface area (Å²) >= 11 is 0. The van der Waals surface area contributed by atoms with Crippen LogP contribution in [0, 0.1) is 0 Å². The Bertz CT molecular complexity index is 298. The molecule has 0 fully saturated rings. The number of guanidine groups is 1. The van der Waals surface area contributed by atoms with Crippen LogP contribution in [0.25, 0.3) is 0 Å². The van der Waals surface area contributed by atoms with Gasteiger partial charge in [0.25, 0.3) is 0 Å². The molecule has 1 aliphatic heterocycles. The summed E-state index contributed by atoms with van der Waals surface area (Å²) in [6.07, 6.45) is 7.48. The van der Waals surface area contributed by atoms with Crippen LogP contribution in [-0.2, 0) is 0 Å². The second kappa shape index (κ2) is 8.08. The molecule has 1 rings (SSSR count). The van der Waals surface area contributed by atoms with E-state index in [9.17, 15) is 0 Å². The molecule has 0 aromatic rings. The Labute approximate surface area is 110 Å². The zero-order valence-electron chi connectivity index (χ0n) is 11.7. The SMILES string of the molecule is CCCCCC1=NC(N)N(CCCCC)C(N)=N1. The first-order chi connectivity index (χ1) is 8.69. The molecule has 0 amide bonds. The third-order valence-corrected chi connectivity index (χ3v) is 3.15. The van der Waals surface area contributed by atoms with E-state index >= 15 is 0 Å². The molecule has 0 aromatic heterocycles. The molecule has 0 radical (unpaired) electrons. The topological polar surface area (TPSA) is 80.0 Å². The third-order valence-electron chi connectivity index (χ3n) is 3.15. The van der Waals surface area contributed by atoms with Gasteiger partial charge in [-0.05, 0) is 12.8 Å². The van der Waals surface area contributed by atoms with Crippen LogP contribution >= 0.6 is 0 Å². The lowest BCUT2D eigenvalue weighted by Gasteiger charge is -2.30. The van der Waals surface area contributed by atoms with Crippen molar-refractivity contribution in [2.24, 2.45) is 21.5 Å². The average Bonchev–Trinajstić information content (AvgIpc) is 2.33. The molecule has 4 N–H and O–H groups in total. The Morgan fingerprint density at radius 3 is 2.39 bits per heavy atom. The van der Waals surface area contributed by atoms with Crippen molar-refractivity contribution < 1.29 is 0 Å². The van der Waals surface area contributed by atoms with E-state index in [1.165, 1.54) is 25.7 Å². The lowest BCUT2D eigenvalue weighted by atomic mass is 10.2. The van der Waals surface area contributed by atoms with Crippen molar-refractivity contribution in [3.05, 3.63) is 0 Å². The molecule has 0 aromatic carbocycles. The zero-order chi connectivity index (χ0) is 13.4. The van der Waals surface area contributed by atoms with Gasteiger partial charge in [0.15, 0.2) is 12.2 Å². The third kappa shape index (κ3) is 4.64. The fraction of sp³-hybridized carbons (Fsp3) is 0.846. The number of amidine groups is 1. The van der Waals surface area contributed by atoms with Gasteiger partial charge >= 0.3 is 0 Å². The van der Waals surface area contributed by atoms with Crippen LogP contribution in [0.2, 0.25) is 0 Å². The van der Waals surface area contributed by atoms with Crippen LogP contribution in [0.3, 0.4) is 0 Å². The highest BCUT2D eigenvalue weighted by Crippen LogP contribution is 2.10. The smallest absolute Gasteiger partial charge is 0.200 e. The van der Waals surface area contributed by atoms with E-state index in [4.69, 9.17) is 11.5 Å². The van der Waals surface area contributed by atoms with Crippen molar-refractivity contribution in [3.8, 4) is 0 Å². The summed E-state index contributed by atoms with van der Waals surface area (Å²) in [4.78, 5) is 10.7. The van der Waals surface area contributed by atoms with E-state index in [1.807, 2.05) is 4.90 Å². The van der Waals surface area contributed by atoms with Gasteiger partial charge in [-0.2, -0.15) is 0 Å². The highest BCUT2D eigenvalue weighted by atomic mass is 15.4. The number of nitrogens with zero attached hydrogens (tertiary/aromatic N) is 3. The summed E-state index contributed by atoms with van der Waals surface area (Å²) in [5, 5.41) is 0. The average molecular weight is 253 g/mol. The Morgan fingerprint density at radius 1 is 1.11 bits per heavy atom. The highest BCUT2D eigenvalue weighted by molar-refractivity contribution is 5.97. The summed E-state index contributed by atoms with van der Waals surface area (Å²) in [6.45, 7) is 5.20. The van der Waals surface area contributed by atoms with E-state index in [1.54, 1.807) is 0 Å². The summed E-state index contributed by atoms with van der Waals surface area (Å²) in [5.74, 6) is 1.33. The van der Waals surface area contributed by atoms with Gasteiger partial charge in [0, 0.05) is 13.0 Å². The first-order valence-electron chi connectivity index (χ1n) is 7.12. The molecule has 0 aliphatic carbocycles. The van der Waals surface area contributed by atoms with Gasteiger partial charge in [0.2, 0.25) is 0 Å². The number of unbranched alkanes of at least 4 members (excludes halogenated alkanes) is 4. The molecule has 0 saturated carbocycles. The fourth-order valence-corrected chi connectivity index (χ4v) is 2.02. The van der Waals surface area contributed by atoms with Crippen molar-refractivity contribution in [2.75, 3.05) is 6.54 Å². The first kappa shape index (κ1) is 15.0. The fourth-order valence-electron chi connectivity index (χ4n) is 2.02. The monoisotopic (exact) mass is 253 g/mol. The molecule has 0 saturated heterocycles. The molecule has 1 unspecified atom stereocenters. The molecule has 1 heterocycles. The van der Waals surface area contributed by atoms with Crippen LogP contribution in [-0.4, -0.2) is 29.5 Å². The quantitative estimate of drug-likeness (QED) is 0.649. The van der Waals surface area contributed by atoms with Gasteiger partial charge in [0.05, 0.1) is 0 Å². The van der Waals surface area contributed by atoms with Crippen molar-refractivity contribution in [3.63, 3.8) is 0 Å². The molecule has 5 nitrogen and oxygen atoms in total. The van der Waals surface area contributed by atoms with E-state index < -0.39 is 0 Å². The minimum absolute atomic E-state index is 0.351. The largest absolute Gasteiger partial charge is 0.369 e. The van der Waals surface area contributed by atoms with Gasteiger partial charge in [-0.15, -0.1) is 0 Å². The Kier molecular flexibility index (Phi) is 6.72. The maximum absolute atomic E-state index is 6.02. The van der Waals surface area contributed by atoms with Gasteiger partial charge in [0.1, 0.15) is 5.84 Å². The minimum Gasteiger partial charge on any atom is -0.369 e. The van der Waals surface area contributed by atoms with Crippen molar-refractivity contribution >= 4 is 11.8 Å². The van der Waals surface area contributed by atoms with E-state index in [0.29, 0.717) is 5.96 Å². The summed E-state index contributed by atoms with van der Waals surface area (Å²) < 4.78 is 0. The molecule has 0 bridgehead atoms. The summed E-state index contributed by atoms with van der Waals surface area (Å²) in [5.41, 5.74) is 12.0. The van der Waals surface area contributed by atoms with E-state index in [0.717, 1.165) is 31.6 Å². The van der Waals surface area contributed by atoms with Crippen LogP contribution in [0.1, 0.15) is 58.8 Å². The van der Waals surface area contributed by atoms with Crippen molar-refractivity contribution in [2.45, 2.75) is 65.1 Å². The lowest BCUT2D eigenvalue weighted by Crippen LogP contribution is -2.51. The molecule has 0 spiro atoms. The Morgan fingerprint density at radius 2 is 1.78 bits per heavy atom. The first-order valence-corrected chi connectivity index (χ1v) is 7.12. The summed E-state index contributed by atoms with van der Waals surface area (Å²) in [6, 6.07) is 0.